The van der Waals surface area contributed by atoms with E-state index in [1.54, 1.807) is 6.08 Å². The van der Waals surface area contributed by atoms with Crippen LogP contribution >= 0.6 is 0 Å². The summed E-state index contributed by atoms with van der Waals surface area (Å²) in [6.07, 6.45) is -0.408. The van der Waals surface area contributed by atoms with Crippen LogP contribution in [-0.2, 0) is 24.2 Å². The second kappa shape index (κ2) is 12.2. The third kappa shape index (κ3) is 7.08. The number of nitrogens with zero attached hydrogens (tertiary/aromatic N) is 1. The lowest BCUT2D eigenvalue weighted by Crippen LogP contribution is -2.45. The molecular formula is C34H34F7N. The molecule has 0 N–H and O–H groups in total. The van der Waals surface area contributed by atoms with Gasteiger partial charge in [0.1, 0.15) is 5.82 Å². The van der Waals surface area contributed by atoms with Gasteiger partial charge in [0.25, 0.3) is 0 Å². The van der Waals surface area contributed by atoms with Crippen LogP contribution in [0.15, 0.2) is 84.9 Å². The van der Waals surface area contributed by atoms with Crippen LogP contribution in [0.3, 0.4) is 0 Å². The van der Waals surface area contributed by atoms with Crippen molar-refractivity contribution in [1.29, 1.82) is 0 Å². The Morgan fingerprint density at radius 2 is 1.31 bits per heavy atom. The van der Waals surface area contributed by atoms with E-state index in [4.69, 9.17) is 0 Å². The number of hydrogen-bond donors (Lipinski definition) is 0. The molecule has 0 spiro atoms. The summed E-state index contributed by atoms with van der Waals surface area (Å²) in [5.74, 6) is 0.195. The van der Waals surface area contributed by atoms with Crippen molar-refractivity contribution < 1.29 is 30.7 Å². The van der Waals surface area contributed by atoms with E-state index >= 15 is 0 Å². The Kier molecular flexibility index (Phi) is 8.83. The molecule has 1 aliphatic heterocycles. The number of benzene rings is 3. The van der Waals surface area contributed by atoms with E-state index in [-0.39, 0.29) is 29.3 Å². The van der Waals surface area contributed by atoms with Gasteiger partial charge in [-0.25, -0.2) is 4.39 Å². The van der Waals surface area contributed by atoms with Crippen molar-refractivity contribution in [1.82, 2.24) is 4.90 Å². The number of alkyl halides is 6. The number of rotatable bonds is 6. The molecule has 3 aromatic carbocycles. The first-order valence-corrected chi connectivity index (χ1v) is 14.4. The molecule has 2 aliphatic rings. The summed E-state index contributed by atoms with van der Waals surface area (Å²) >= 11 is 0. The largest absolute Gasteiger partial charge is 0.416 e. The molecule has 1 saturated heterocycles. The Labute approximate surface area is 242 Å². The van der Waals surface area contributed by atoms with Gasteiger partial charge >= 0.3 is 12.4 Å². The zero-order valence-electron chi connectivity index (χ0n) is 23.2. The maximum Gasteiger partial charge on any atom is 0.416 e. The number of piperidine rings is 1. The van der Waals surface area contributed by atoms with Gasteiger partial charge in [0, 0.05) is 11.5 Å². The summed E-state index contributed by atoms with van der Waals surface area (Å²) in [6.45, 7) is 1.94. The molecule has 5 rings (SSSR count). The molecule has 1 heterocycles. The highest BCUT2D eigenvalue weighted by molar-refractivity contribution is 5.36. The molecule has 42 heavy (non-hydrogen) atoms. The van der Waals surface area contributed by atoms with Crippen LogP contribution in [0.2, 0.25) is 0 Å². The maximum absolute atomic E-state index is 13.3. The molecular weight excluding hydrogens is 555 g/mol. The Balaban J connectivity index is 1.28. The topological polar surface area (TPSA) is 3.24 Å². The summed E-state index contributed by atoms with van der Waals surface area (Å²) in [4.78, 5) is 2.54. The average Bonchev–Trinajstić information content (AvgIpc) is 2.97. The van der Waals surface area contributed by atoms with Crippen molar-refractivity contribution in [2.75, 3.05) is 13.1 Å². The van der Waals surface area contributed by atoms with Crippen molar-refractivity contribution in [3.8, 4) is 0 Å². The fourth-order valence-corrected chi connectivity index (χ4v) is 6.70. The molecule has 0 amide bonds. The molecule has 8 heteroatoms. The average molecular weight is 590 g/mol. The first-order valence-electron chi connectivity index (χ1n) is 14.4. The molecule has 0 bridgehead atoms. The molecule has 1 aliphatic carbocycles. The fourth-order valence-electron chi connectivity index (χ4n) is 6.70. The van der Waals surface area contributed by atoms with Crippen LogP contribution in [0.5, 0.6) is 0 Å². The predicted molar refractivity (Wildman–Crippen MR) is 150 cm³/mol. The summed E-state index contributed by atoms with van der Waals surface area (Å²) in [6, 6.07) is 18.9. The maximum atomic E-state index is 13.3. The minimum atomic E-state index is -4.86. The van der Waals surface area contributed by atoms with E-state index in [2.05, 4.69) is 4.90 Å². The standard InChI is InChI=1S/C34H34F7N/c35-30-10-8-25(9-11-30)26-14-19-42(20-15-26)31-12-17-32(18-13-31,27-6-2-1-3-7-27)16-4-5-24-21-28(33(36,37)38)23-29(22-24)34(39,40)41/h1-4,6-11,16,21-23,26,31H,5,12-15,17-20H2/b16-4+. The normalized spacial score (nSPS) is 23.0. The van der Waals surface area contributed by atoms with Gasteiger partial charge in [-0.15, -0.1) is 0 Å². The first-order chi connectivity index (χ1) is 19.9. The van der Waals surface area contributed by atoms with Gasteiger partial charge in [0.05, 0.1) is 11.1 Å². The van der Waals surface area contributed by atoms with Gasteiger partial charge in [-0.1, -0.05) is 54.6 Å². The van der Waals surface area contributed by atoms with Crippen molar-refractivity contribution in [2.24, 2.45) is 0 Å². The monoisotopic (exact) mass is 589 g/mol. The predicted octanol–water partition coefficient (Wildman–Crippen LogP) is 9.72. The molecule has 0 radical (unpaired) electrons. The zero-order valence-corrected chi connectivity index (χ0v) is 23.2. The number of allylic oxidation sites excluding steroid dienone is 2. The quantitative estimate of drug-likeness (QED) is 0.204. The van der Waals surface area contributed by atoms with Crippen LogP contribution in [0.1, 0.15) is 72.3 Å². The van der Waals surface area contributed by atoms with Gasteiger partial charge in [0.2, 0.25) is 0 Å². The summed E-state index contributed by atoms with van der Waals surface area (Å²) < 4.78 is 93.4. The third-order valence-corrected chi connectivity index (χ3v) is 9.02. The Hall–Kier alpha value is -3.13. The van der Waals surface area contributed by atoms with Crippen molar-refractivity contribution >= 4 is 0 Å². The van der Waals surface area contributed by atoms with Gasteiger partial charge in [-0.05, 0) is 111 Å². The van der Waals surface area contributed by atoms with Crippen LogP contribution in [0, 0.1) is 5.82 Å². The van der Waals surface area contributed by atoms with Crippen LogP contribution < -0.4 is 0 Å². The fraction of sp³-hybridized carbons (Fsp3) is 0.412. The van der Waals surface area contributed by atoms with E-state index < -0.39 is 23.5 Å². The zero-order chi connectivity index (χ0) is 30.0. The van der Waals surface area contributed by atoms with E-state index in [0.29, 0.717) is 12.0 Å². The molecule has 1 nitrogen and oxygen atoms in total. The molecule has 0 atom stereocenters. The SMILES string of the molecule is Fc1ccc(C2CCN(C3CCC(/C=C/Cc4cc(C(F)(F)F)cc(C(F)(F)F)c4)(c4ccccc4)CC3)CC2)cc1. The number of halogens is 7. The molecule has 2 fully saturated rings. The highest BCUT2D eigenvalue weighted by atomic mass is 19.4. The third-order valence-electron chi connectivity index (χ3n) is 9.02. The Bertz CT molecular complexity index is 1310. The van der Waals surface area contributed by atoms with Crippen LogP contribution in [0.25, 0.3) is 0 Å². The summed E-state index contributed by atoms with van der Waals surface area (Å²) in [5, 5.41) is 0. The van der Waals surface area contributed by atoms with Crippen LogP contribution in [-0.4, -0.2) is 24.0 Å². The van der Waals surface area contributed by atoms with Gasteiger partial charge in [0.15, 0.2) is 0 Å². The van der Waals surface area contributed by atoms with E-state index in [0.717, 1.165) is 69.3 Å². The van der Waals surface area contributed by atoms with E-state index in [1.165, 1.54) is 17.7 Å². The molecule has 3 aromatic rings. The van der Waals surface area contributed by atoms with Crippen molar-refractivity contribution in [3.05, 3.63) is 119 Å². The highest BCUT2D eigenvalue weighted by Crippen LogP contribution is 2.43. The molecule has 0 unspecified atom stereocenters. The number of hydrogen-bond acceptors (Lipinski definition) is 1. The molecule has 224 valence electrons. The summed E-state index contributed by atoms with van der Waals surface area (Å²) in [5.41, 5.74) is -0.650. The molecule has 0 aromatic heterocycles. The highest BCUT2D eigenvalue weighted by Gasteiger charge is 2.38. The van der Waals surface area contributed by atoms with Gasteiger partial charge in [-0.2, -0.15) is 26.3 Å². The van der Waals surface area contributed by atoms with Gasteiger partial charge in [-0.3, -0.25) is 0 Å². The first kappa shape index (κ1) is 30.3. The minimum Gasteiger partial charge on any atom is -0.300 e. The Morgan fingerprint density at radius 3 is 1.86 bits per heavy atom. The van der Waals surface area contributed by atoms with E-state index in [1.807, 2.05) is 48.5 Å². The van der Waals surface area contributed by atoms with E-state index in [9.17, 15) is 30.7 Å². The lowest BCUT2D eigenvalue weighted by atomic mass is 9.67. The Morgan fingerprint density at radius 1 is 0.738 bits per heavy atom. The van der Waals surface area contributed by atoms with Crippen LogP contribution in [0.4, 0.5) is 30.7 Å². The van der Waals surface area contributed by atoms with Gasteiger partial charge < -0.3 is 4.90 Å². The summed E-state index contributed by atoms with van der Waals surface area (Å²) in [7, 11) is 0. The smallest absolute Gasteiger partial charge is 0.300 e. The van der Waals surface area contributed by atoms with Crippen molar-refractivity contribution in [3.63, 3.8) is 0 Å². The van der Waals surface area contributed by atoms with Crippen molar-refractivity contribution in [2.45, 2.75) is 74.7 Å². The minimum absolute atomic E-state index is 0.0191. The second-order valence-corrected chi connectivity index (χ2v) is 11.6. The second-order valence-electron chi connectivity index (χ2n) is 11.6. The molecule has 1 saturated carbocycles. The lowest BCUT2D eigenvalue weighted by molar-refractivity contribution is -0.143. The lowest BCUT2D eigenvalue weighted by Gasteiger charge is -2.45. The number of likely N-dealkylation sites (tertiary alicyclic amines) is 1.